The first-order valence-corrected chi connectivity index (χ1v) is 6.12. The van der Waals surface area contributed by atoms with Gasteiger partial charge in [0.25, 0.3) is 0 Å². The quantitative estimate of drug-likeness (QED) is 0.796. The zero-order chi connectivity index (χ0) is 12.0. The van der Waals surface area contributed by atoms with Crippen LogP contribution in [0.4, 0.5) is 0 Å². The van der Waals surface area contributed by atoms with E-state index in [2.05, 4.69) is 44.3 Å². The maximum Gasteiger partial charge on any atom is 0.124 e. The zero-order valence-electron chi connectivity index (χ0n) is 10.8. The van der Waals surface area contributed by atoms with Crippen LogP contribution in [0.25, 0.3) is 0 Å². The van der Waals surface area contributed by atoms with Gasteiger partial charge >= 0.3 is 0 Å². The maximum absolute atomic E-state index is 6.01. The lowest BCUT2D eigenvalue weighted by atomic mass is 10.1. The van der Waals surface area contributed by atoms with E-state index in [0.717, 1.165) is 25.1 Å². The third-order valence-electron chi connectivity index (χ3n) is 2.79. The Kier molecular flexibility index (Phi) is 5.33. The third kappa shape index (κ3) is 3.53. The molecule has 0 fully saturated rings. The number of hydrogen-bond donors (Lipinski definition) is 1. The molecule has 2 heteroatoms. The summed E-state index contributed by atoms with van der Waals surface area (Å²) in [5.74, 6) is 1.02. The first-order chi connectivity index (χ1) is 7.71. The van der Waals surface area contributed by atoms with Gasteiger partial charge in [0.1, 0.15) is 5.75 Å². The fourth-order valence-electron chi connectivity index (χ4n) is 1.79. The van der Waals surface area contributed by atoms with E-state index in [1.807, 2.05) is 7.05 Å². The van der Waals surface area contributed by atoms with Crippen LogP contribution < -0.4 is 10.1 Å². The molecule has 0 atom stereocenters. The molecule has 0 saturated carbocycles. The largest absolute Gasteiger partial charge is 0.490 e. The van der Waals surface area contributed by atoms with Crippen molar-refractivity contribution in [2.24, 2.45) is 0 Å². The predicted octanol–water partition coefficient (Wildman–Crippen LogP) is 3.28. The summed E-state index contributed by atoms with van der Waals surface area (Å²) in [6.45, 7) is 7.30. The Balaban J connectivity index is 2.84. The van der Waals surface area contributed by atoms with Gasteiger partial charge < -0.3 is 10.1 Å². The second kappa shape index (κ2) is 6.54. The normalized spacial score (nSPS) is 10.8. The summed E-state index contributed by atoms with van der Waals surface area (Å²) < 4.78 is 6.01. The van der Waals surface area contributed by atoms with Crippen LogP contribution in [0.3, 0.4) is 0 Å². The molecule has 0 aliphatic carbocycles. The minimum Gasteiger partial charge on any atom is -0.490 e. The van der Waals surface area contributed by atoms with Gasteiger partial charge in [-0.05, 0) is 32.9 Å². The van der Waals surface area contributed by atoms with Crippen LogP contribution in [0.2, 0.25) is 0 Å². The van der Waals surface area contributed by atoms with E-state index in [1.165, 1.54) is 11.1 Å². The lowest BCUT2D eigenvalue weighted by Crippen LogP contribution is -2.16. The Morgan fingerprint density at radius 3 is 2.50 bits per heavy atom. The smallest absolute Gasteiger partial charge is 0.124 e. The Labute approximate surface area is 99.0 Å². The van der Waals surface area contributed by atoms with Crippen LogP contribution in [0, 0.1) is 6.92 Å². The van der Waals surface area contributed by atoms with Gasteiger partial charge in [0.2, 0.25) is 0 Å². The summed E-state index contributed by atoms with van der Waals surface area (Å²) in [4.78, 5) is 0. The summed E-state index contributed by atoms with van der Waals surface area (Å²) in [6.07, 6.45) is 2.45. The Bertz CT molecular complexity index is 319. The number of nitrogens with one attached hydrogen (secondary N) is 1. The SMILES string of the molecule is CCC(CC)Oc1ccc(C)cc1CNC. The average molecular weight is 221 g/mol. The van der Waals surface area contributed by atoms with Crippen molar-refractivity contribution >= 4 is 0 Å². The monoisotopic (exact) mass is 221 g/mol. The van der Waals surface area contributed by atoms with Gasteiger partial charge in [0.15, 0.2) is 0 Å². The predicted molar refractivity (Wildman–Crippen MR) is 68.9 cm³/mol. The van der Waals surface area contributed by atoms with E-state index in [0.29, 0.717) is 6.10 Å². The summed E-state index contributed by atoms with van der Waals surface area (Å²) >= 11 is 0. The molecule has 0 aliphatic rings. The van der Waals surface area contributed by atoms with E-state index in [-0.39, 0.29) is 0 Å². The van der Waals surface area contributed by atoms with Crippen LogP contribution in [0.5, 0.6) is 5.75 Å². The Hall–Kier alpha value is -1.02. The standard InChI is InChI=1S/C14H23NO/c1-5-13(6-2)16-14-8-7-11(3)9-12(14)10-15-4/h7-9,13,15H,5-6,10H2,1-4H3. The van der Waals surface area contributed by atoms with Crippen LogP contribution in [-0.2, 0) is 6.54 Å². The third-order valence-corrected chi connectivity index (χ3v) is 2.79. The molecule has 0 saturated heterocycles. The summed E-state index contributed by atoms with van der Waals surface area (Å²) in [5, 5.41) is 3.18. The van der Waals surface area contributed by atoms with Crippen molar-refractivity contribution in [1.29, 1.82) is 0 Å². The Morgan fingerprint density at radius 2 is 1.94 bits per heavy atom. The topological polar surface area (TPSA) is 21.3 Å². The van der Waals surface area contributed by atoms with Gasteiger partial charge in [-0.3, -0.25) is 0 Å². The molecule has 0 spiro atoms. The van der Waals surface area contributed by atoms with Crippen molar-refractivity contribution in [1.82, 2.24) is 5.32 Å². The number of hydrogen-bond acceptors (Lipinski definition) is 2. The fourth-order valence-corrected chi connectivity index (χ4v) is 1.79. The molecule has 0 heterocycles. The molecule has 90 valence electrons. The first-order valence-electron chi connectivity index (χ1n) is 6.12. The molecule has 0 aromatic heterocycles. The molecular formula is C14H23NO. The summed E-state index contributed by atoms with van der Waals surface area (Å²) in [5.41, 5.74) is 2.52. The van der Waals surface area contributed by atoms with Crippen LogP contribution in [0.1, 0.15) is 37.8 Å². The van der Waals surface area contributed by atoms with Crippen LogP contribution >= 0.6 is 0 Å². The lowest BCUT2D eigenvalue weighted by molar-refractivity contribution is 0.190. The molecule has 1 N–H and O–H groups in total. The molecule has 0 amide bonds. The van der Waals surface area contributed by atoms with Gasteiger partial charge in [0, 0.05) is 12.1 Å². The van der Waals surface area contributed by atoms with E-state index in [4.69, 9.17) is 4.74 Å². The van der Waals surface area contributed by atoms with Crippen LogP contribution in [-0.4, -0.2) is 13.2 Å². The number of ether oxygens (including phenoxy) is 1. The molecule has 16 heavy (non-hydrogen) atoms. The molecule has 2 nitrogen and oxygen atoms in total. The summed E-state index contributed by atoms with van der Waals surface area (Å²) in [6, 6.07) is 6.38. The summed E-state index contributed by atoms with van der Waals surface area (Å²) in [7, 11) is 1.96. The second-order valence-corrected chi connectivity index (χ2v) is 4.20. The molecule has 0 unspecified atom stereocenters. The van der Waals surface area contributed by atoms with Gasteiger partial charge in [-0.15, -0.1) is 0 Å². The molecule has 1 aromatic carbocycles. The van der Waals surface area contributed by atoms with E-state index < -0.39 is 0 Å². The minimum absolute atomic E-state index is 0.332. The molecule has 1 aromatic rings. The van der Waals surface area contributed by atoms with Gasteiger partial charge in [-0.25, -0.2) is 0 Å². The highest BCUT2D eigenvalue weighted by molar-refractivity contribution is 5.37. The molecule has 1 rings (SSSR count). The highest BCUT2D eigenvalue weighted by Crippen LogP contribution is 2.22. The number of benzene rings is 1. The number of aryl methyl sites for hydroxylation is 1. The van der Waals surface area contributed by atoms with E-state index >= 15 is 0 Å². The van der Waals surface area contributed by atoms with Crippen molar-refractivity contribution in [3.8, 4) is 5.75 Å². The first kappa shape index (κ1) is 13.0. The second-order valence-electron chi connectivity index (χ2n) is 4.20. The highest BCUT2D eigenvalue weighted by Gasteiger charge is 2.09. The van der Waals surface area contributed by atoms with Gasteiger partial charge in [-0.1, -0.05) is 31.5 Å². The number of rotatable bonds is 6. The van der Waals surface area contributed by atoms with Gasteiger partial charge in [0.05, 0.1) is 6.10 Å². The fraction of sp³-hybridized carbons (Fsp3) is 0.571. The Morgan fingerprint density at radius 1 is 1.25 bits per heavy atom. The van der Waals surface area contributed by atoms with Crippen molar-refractivity contribution < 1.29 is 4.74 Å². The molecule has 0 aliphatic heterocycles. The van der Waals surface area contributed by atoms with Crippen molar-refractivity contribution in [3.05, 3.63) is 29.3 Å². The van der Waals surface area contributed by atoms with Crippen LogP contribution in [0.15, 0.2) is 18.2 Å². The lowest BCUT2D eigenvalue weighted by Gasteiger charge is -2.18. The van der Waals surface area contributed by atoms with Crippen molar-refractivity contribution in [3.63, 3.8) is 0 Å². The maximum atomic E-state index is 6.01. The molecule has 0 bridgehead atoms. The highest BCUT2D eigenvalue weighted by atomic mass is 16.5. The molecular weight excluding hydrogens is 198 g/mol. The minimum atomic E-state index is 0.332. The van der Waals surface area contributed by atoms with Crippen molar-refractivity contribution in [2.75, 3.05) is 7.05 Å². The molecule has 0 radical (unpaired) electrons. The zero-order valence-corrected chi connectivity index (χ0v) is 10.8. The van der Waals surface area contributed by atoms with Crippen molar-refractivity contribution in [2.45, 2.75) is 46.3 Å². The average Bonchev–Trinajstić information content (AvgIpc) is 2.29. The van der Waals surface area contributed by atoms with Gasteiger partial charge in [-0.2, -0.15) is 0 Å². The van der Waals surface area contributed by atoms with E-state index in [9.17, 15) is 0 Å². The van der Waals surface area contributed by atoms with E-state index in [1.54, 1.807) is 0 Å².